The van der Waals surface area contributed by atoms with Gasteiger partial charge in [-0.3, -0.25) is 0 Å². The summed E-state index contributed by atoms with van der Waals surface area (Å²) in [6.07, 6.45) is 5.07. The van der Waals surface area contributed by atoms with Crippen LogP contribution >= 0.6 is 0 Å². The van der Waals surface area contributed by atoms with E-state index in [1.165, 1.54) is 25.7 Å². The number of hydrogen-bond donors (Lipinski definition) is 1. The maximum absolute atomic E-state index is 11.7. The minimum Gasteiger partial charge on any atom is -0.461 e. The van der Waals surface area contributed by atoms with Crippen LogP contribution in [0.4, 0.5) is 5.82 Å². The van der Waals surface area contributed by atoms with Crippen molar-refractivity contribution in [3.8, 4) is 0 Å². The van der Waals surface area contributed by atoms with Crippen LogP contribution in [0.3, 0.4) is 0 Å². The van der Waals surface area contributed by atoms with E-state index in [1.807, 2.05) is 11.5 Å². The molecule has 0 aliphatic heterocycles. The molecule has 1 aliphatic rings. The molecule has 1 saturated carbocycles. The lowest BCUT2D eigenvalue weighted by Gasteiger charge is -2.13. The Kier molecular flexibility index (Phi) is 3.89. The van der Waals surface area contributed by atoms with E-state index < -0.39 is 5.97 Å². The number of ether oxygens (including phenoxy) is 1. The molecule has 2 N–H and O–H groups in total. The summed E-state index contributed by atoms with van der Waals surface area (Å²) < 4.78 is 6.90. The Morgan fingerprint density at radius 3 is 2.78 bits per heavy atom. The molecule has 1 aromatic heterocycles. The maximum atomic E-state index is 11.7. The van der Waals surface area contributed by atoms with Crippen molar-refractivity contribution < 1.29 is 9.53 Å². The molecule has 0 amide bonds. The molecule has 1 heterocycles. The van der Waals surface area contributed by atoms with E-state index in [1.54, 1.807) is 6.92 Å². The van der Waals surface area contributed by atoms with Crippen molar-refractivity contribution in [2.45, 2.75) is 46.1 Å². The Morgan fingerprint density at radius 1 is 1.50 bits per heavy atom. The number of hydrogen-bond acceptors (Lipinski definition) is 4. The topological polar surface area (TPSA) is 70.1 Å². The normalized spacial score (nSPS) is 16.1. The molecule has 0 radical (unpaired) electrons. The number of imidazole rings is 1. The van der Waals surface area contributed by atoms with Crippen LogP contribution in [0.1, 0.15) is 48.9 Å². The number of anilines is 1. The van der Waals surface area contributed by atoms with Crippen LogP contribution < -0.4 is 5.73 Å². The number of nitrogens with two attached hydrogens (primary N) is 1. The minimum atomic E-state index is -0.428. The van der Waals surface area contributed by atoms with Crippen LogP contribution in [0, 0.1) is 12.8 Å². The van der Waals surface area contributed by atoms with E-state index in [4.69, 9.17) is 10.5 Å². The quantitative estimate of drug-likeness (QED) is 0.832. The summed E-state index contributed by atoms with van der Waals surface area (Å²) >= 11 is 0. The number of carbonyl (C=O) groups excluding carboxylic acids is 1. The molecular weight excluding hydrogens is 230 g/mol. The van der Waals surface area contributed by atoms with Gasteiger partial charge in [0.2, 0.25) is 0 Å². The number of rotatable bonds is 4. The first-order valence-electron chi connectivity index (χ1n) is 6.63. The van der Waals surface area contributed by atoms with Crippen LogP contribution in [-0.4, -0.2) is 22.1 Å². The Hall–Kier alpha value is -1.52. The number of nitrogen functional groups attached to an aromatic ring is 1. The first kappa shape index (κ1) is 12.9. The summed E-state index contributed by atoms with van der Waals surface area (Å²) in [5.41, 5.74) is 6.27. The van der Waals surface area contributed by atoms with Crippen LogP contribution in [0.2, 0.25) is 0 Å². The molecule has 18 heavy (non-hydrogen) atoms. The van der Waals surface area contributed by atoms with E-state index >= 15 is 0 Å². The largest absolute Gasteiger partial charge is 0.461 e. The van der Waals surface area contributed by atoms with Crippen LogP contribution in [0.5, 0.6) is 0 Å². The third-order valence-corrected chi connectivity index (χ3v) is 3.58. The highest BCUT2D eigenvalue weighted by Crippen LogP contribution is 2.28. The molecule has 0 aromatic carbocycles. The van der Waals surface area contributed by atoms with E-state index in [0.717, 1.165) is 12.4 Å². The Morgan fingerprint density at radius 2 is 2.17 bits per heavy atom. The molecule has 1 aromatic rings. The van der Waals surface area contributed by atoms with Crippen LogP contribution in [0.15, 0.2) is 0 Å². The average Bonchev–Trinajstić information content (AvgIpc) is 2.93. The lowest BCUT2D eigenvalue weighted by Crippen LogP contribution is -2.13. The number of nitrogens with zero attached hydrogens (tertiary/aromatic N) is 2. The summed E-state index contributed by atoms with van der Waals surface area (Å²) in [5, 5.41) is 0. The second-order valence-corrected chi connectivity index (χ2v) is 4.87. The van der Waals surface area contributed by atoms with Gasteiger partial charge in [-0.05, 0) is 32.6 Å². The number of carbonyl (C=O) groups is 1. The second-order valence-electron chi connectivity index (χ2n) is 4.87. The Labute approximate surface area is 107 Å². The molecule has 1 aliphatic carbocycles. The van der Waals surface area contributed by atoms with Gasteiger partial charge in [0.05, 0.1) is 6.61 Å². The van der Waals surface area contributed by atoms with Crippen molar-refractivity contribution >= 4 is 11.8 Å². The fraction of sp³-hybridized carbons (Fsp3) is 0.692. The fourth-order valence-corrected chi connectivity index (χ4v) is 2.61. The monoisotopic (exact) mass is 251 g/mol. The summed E-state index contributed by atoms with van der Waals surface area (Å²) in [5.74, 6) is 1.47. The Balaban J connectivity index is 2.17. The predicted molar refractivity (Wildman–Crippen MR) is 69.3 cm³/mol. The lowest BCUT2D eigenvalue weighted by atomic mass is 10.1. The zero-order valence-electron chi connectivity index (χ0n) is 11.1. The van der Waals surface area contributed by atoms with Crippen molar-refractivity contribution in [3.63, 3.8) is 0 Å². The zero-order valence-corrected chi connectivity index (χ0v) is 11.1. The van der Waals surface area contributed by atoms with Crippen LogP contribution in [-0.2, 0) is 11.3 Å². The highest BCUT2D eigenvalue weighted by Gasteiger charge is 2.22. The van der Waals surface area contributed by atoms with Gasteiger partial charge < -0.3 is 15.0 Å². The van der Waals surface area contributed by atoms with Crippen molar-refractivity contribution in [1.82, 2.24) is 9.55 Å². The van der Waals surface area contributed by atoms with Gasteiger partial charge in [-0.25, -0.2) is 9.78 Å². The molecule has 0 saturated heterocycles. The second kappa shape index (κ2) is 5.42. The average molecular weight is 251 g/mol. The summed E-state index contributed by atoms with van der Waals surface area (Å²) in [4.78, 5) is 15.9. The van der Waals surface area contributed by atoms with E-state index in [2.05, 4.69) is 4.98 Å². The van der Waals surface area contributed by atoms with Gasteiger partial charge in [0, 0.05) is 6.54 Å². The molecule has 0 bridgehead atoms. The molecule has 0 spiro atoms. The van der Waals surface area contributed by atoms with Gasteiger partial charge >= 0.3 is 5.97 Å². The van der Waals surface area contributed by atoms with Crippen molar-refractivity contribution in [2.24, 2.45) is 5.92 Å². The van der Waals surface area contributed by atoms with Gasteiger partial charge in [0.1, 0.15) is 11.6 Å². The summed E-state index contributed by atoms with van der Waals surface area (Å²) in [7, 11) is 0. The van der Waals surface area contributed by atoms with Crippen molar-refractivity contribution in [1.29, 1.82) is 0 Å². The van der Waals surface area contributed by atoms with E-state index in [0.29, 0.717) is 18.3 Å². The molecule has 100 valence electrons. The third kappa shape index (κ3) is 2.49. The van der Waals surface area contributed by atoms with Gasteiger partial charge in [0.25, 0.3) is 0 Å². The van der Waals surface area contributed by atoms with Gasteiger partial charge in [0.15, 0.2) is 5.69 Å². The smallest absolute Gasteiger partial charge is 0.360 e. The fourth-order valence-electron chi connectivity index (χ4n) is 2.61. The number of aryl methyl sites for hydroxylation is 1. The molecule has 0 atom stereocenters. The summed E-state index contributed by atoms with van der Waals surface area (Å²) in [6, 6.07) is 0. The molecular formula is C13H21N3O2. The minimum absolute atomic E-state index is 0.257. The highest BCUT2D eigenvalue weighted by molar-refractivity contribution is 5.92. The SMILES string of the molecule is CCOC(=O)c1nc(C)n(CC2CCCC2)c1N. The molecule has 5 heteroatoms. The number of esters is 1. The van der Waals surface area contributed by atoms with Gasteiger partial charge in [-0.15, -0.1) is 0 Å². The molecule has 5 nitrogen and oxygen atoms in total. The van der Waals surface area contributed by atoms with E-state index in [-0.39, 0.29) is 5.69 Å². The van der Waals surface area contributed by atoms with Gasteiger partial charge in [-0.1, -0.05) is 12.8 Å². The number of aromatic nitrogens is 2. The molecule has 1 fully saturated rings. The zero-order chi connectivity index (χ0) is 13.1. The van der Waals surface area contributed by atoms with Crippen molar-refractivity contribution in [2.75, 3.05) is 12.3 Å². The molecule has 2 rings (SSSR count). The lowest BCUT2D eigenvalue weighted by molar-refractivity contribution is 0.0521. The third-order valence-electron chi connectivity index (χ3n) is 3.58. The highest BCUT2D eigenvalue weighted by atomic mass is 16.5. The first-order chi connectivity index (χ1) is 8.63. The molecule has 0 unspecified atom stereocenters. The van der Waals surface area contributed by atoms with Gasteiger partial charge in [-0.2, -0.15) is 0 Å². The van der Waals surface area contributed by atoms with Crippen LogP contribution in [0.25, 0.3) is 0 Å². The summed E-state index contributed by atoms with van der Waals surface area (Å²) in [6.45, 7) is 4.86. The standard InChI is InChI=1S/C13H21N3O2/c1-3-18-13(17)11-12(14)16(9(2)15-11)8-10-6-4-5-7-10/h10H,3-8,14H2,1-2H3. The Bertz CT molecular complexity index is 434. The van der Waals surface area contributed by atoms with E-state index in [9.17, 15) is 4.79 Å². The predicted octanol–water partition coefficient (Wildman–Crippen LogP) is 2.14. The van der Waals surface area contributed by atoms with Crippen molar-refractivity contribution in [3.05, 3.63) is 11.5 Å². The maximum Gasteiger partial charge on any atom is 0.360 e. The first-order valence-corrected chi connectivity index (χ1v) is 6.63.